The lowest BCUT2D eigenvalue weighted by Crippen LogP contribution is -2.10. The van der Waals surface area contributed by atoms with Crippen molar-refractivity contribution in [3.63, 3.8) is 0 Å². The number of methoxy groups -OCH3 is 1. The molecule has 0 unspecified atom stereocenters. The molecule has 2 aromatic carbocycles. The Kier molecular flexibility index (Phi) is 4.66. The van der Waals surface area contributed by atoms with E-state index in [4.69, 9.17) is 4.42 Å². The third kappa shape index (κ3) is 3.77. The molecule has 1 aromatic heterocycles. The van der Waals surface area contributed by atoms with Gasteiger partial charge in [-0.15, -0.1) is 0 Å². The van der Waals surface area contributed by atoms with Gasteiger partial charge in [0.25, 0.3) is 0 Å². The number of benzene rings is 2. The van der Waals surface area contributed by atoms with Crippen LogP contribution in [0.3, 0.4) is 0 Å². The van der Waals surface area contributed by atoms with Gasteiger partial charge in [0.1, 0.15) is 11.3 Å². The van der Waals surface area contributed by atoms with Crippen LogP contribution in [-0.2, 0) is 9.53 Å². The van der Waals surface area contributed by atoms with E-state index in [1.54, 1.807) is 24.3 Å². The van der Waals surface area contributed by atoms with Gasteiger partial charge >= 0.3 is 5.97 Å². The van der Waals surface area contributed by atoms with Crippen LogP contribution in [0.2, 0.25) is 0 Å². The minimum Gasteiger partial charge on any atom is -0.465 e. The maximum atomic E-state index is 12.1. The first-order valence-corrected chi connectivity index (χ1v) is 7.73. The highest BCUT2D eigenvalue weighted by Crippen LogP contribution is 2.20. The zero-order valence-corrected chi connectivity index (χ0v) is 13.9. The van der Waals surface area contributed by atoms with Crippen molar-refractivity contribution in [2.24, 2.45) is 0 Å². The fourth-order valence-electron chi connectivity index (χ4n) is 2.47. The molecular weight excluding hydrogens is 318 g/mol. The second-order valence-electron chi connectivity index (χ2n) is 5.53. The van der Waals surface area contributed by atoms with Crippen LogP contribution in [0, 0.1) is 6.92 Å². The molecule has 0 saturated heterocycles. The minimum atomic E-state index is -0.411. The molecule has 0 spiro atoms. The number of carbonyl (C=O) groups excluding carboxylic acids is 2. The lowest BCUT2D eigenvalue weighted by Gasteiger charge is -2.08. The lowest BCUT2D eigenvalue weighted by molar-refractivity contribution is -0.111. The van der Waals surface area contributed by atoms with Gasteiger partial charge in [-0.3, -0.25) is 4.79 Å². The Morgan fingerprint density at radius 1 is 1.12 bits per heavy atom. The number of fused-ring (bicyclic) bond motifs is 1. The van der Waals surface area contributed by atoms with E-state index in [-0.39, 0.29) is 5.91 Å². The van der Waals surface area contributed by atoms with Crippen LogP contribution in [0.1, 0.15) is 21.7 Å². The third-order valence-corrected chi connectivity index (χ3v) is 3.75. The first kappa shape index (κ1) is 16.5. The molecule has 1 N–H and O–H groups in total. The van der Waals surface area contributed by atoms with E-state index < -0.39 is 5.97 Å². The number of amides is 1. The third-order valence-electron chi connectivity index (χ3n) is 3.75. The van der Waals surface area contributed by atoms with E-state index in [0.717, 1.165) is 16.5 Å². The molecule has 5 nitrogen and oxygen atoms in total. The number of furan rings is 1. The zero-order valence-electron chi connectivity index (χ0n) is 13.9. The highest BCUT2D eigenvalue weighted by Gasteiger charge is 2.09. The monoisotopic (exact) mass is 335 g/mol. The van der Waals surface area contributed by atoms with Crippen molar-refractivity contribution < 1.29 is 18.7 Å². The Hall–Kier alpha value is -3.34. The van der Waals surface area contributed by atoms with Gasteiger partial charge in [-0.1, -0.05) is 18.2 Å². The fourth-order valence-corrected chi connectivity index (χ4v) is 2.47. The van der Waals surface area contributed by atoms with Crippen LogP contribution < -0.4 is 5.32 Å². The molecular formula is C20H17NO4. The molecule has 0 aliphatic carbocycles. The van der Waals surface area contributed by atoms with E-state index in [1.165, 1.54) is 13.2 Å². The van der Waals surface area contributed by atoms with Crippen molar-refractivity contribution in [3.8, 4) is 0 Å². The summed E-state index contributed by atoms with van der Waals surface area (Å²) in [6.07, 6.45) is 3.03. The average Bonchev–Trinajstić information content (AvgIpc) is 3.04. The van der Waals surface area contributed by atoms with Gasteiger partial charge in [-0.2, -0.15) is 0 Å². The molecule has 1 amide bonds. The van der Waals surface area contributed by atoms with Crippen molar-refractivity contribution in [2.45, 2.75) is 6.92 Å². The van der Waals surface area contributed by atoms with Crippen molar-refractivity contribution in [3.05, 3.63) is 71.5 Å². The first-order valence-electron chi connectivity index (χ1n) is 7.73. The van der Waals surface area contributed by atoms with Crippen molar-refractivity contribution in [1.82, 2.24) is 0 Å². The Morgan fingerprint density at radius 2 is 1.92 bits per heavy atom. The smallest absolute Gasteiger partial charge is 0.337 e. The van der Waals surface area contributed by atoms with Gasteiger partial charge in [0.15, 0.2) is 0 Å². The summed E-state index contributed by atoms with van der Waals surface area (Å²) < 4.78 is 10.3. The number of nitrogens with one attached hydrogen (secondary N) is 1. The van der Waals surface area contributed by atoms with Crippen molar-refractivity contribution in [1.29, 1.82) is 0 Å². The number of rotatable bonds is 4. The van der Waals surface area contributed by atoms with Gasteiger partial charge in [0.2, 0.25) is 5.91 Å². The highest BCUT2D eigenvalue weighted by molar-refractivity contribution is 6.02. The lowest BCUT2D eigenvalue weighted by atomic mass is 10.1. The van der Waals surface area contributed by atoms with Crippen molar-refractivity contribution in [2.75, 3.05) is 12.4 Å². The molecule has 0 aliphatic heterocycles. The maximum absolute atomic E-state index is 12.1. The molecule has 0 fully saturated rings. The molecule has 5 heteroatoms. The quantitative estimate of drug-likeness (QED) is 0.574. The Morgan fingerprint density at radius 3 is 2.64 bits per heavy atom. The molecule has 1 heterocycles. The predicted octanol–water partition coefficient (Wildman–Crippen LogP) is 4.18. The van der Waals surface area contributed by atoms with E-state index in [9.17, 15) is 9.59 Å². The van der Waals surface area contributed by atoms with Crippen LogP contribution in [-0.4, -0.2) is 19.0 Å². The minimum absolute atomic E-state index is 0.283. The Bertz CT molecular complexity index is 936. The number of esters is 1. The summed E-state index contributed by atoms with van der Waals surface area (Å²) in [6, 6.07) is 14.5. The summed E-state index contributed by atoms with van der Waals surface area (Å²) in [5.74, 6) is -0.0887. The molecule has 0 bridgehead atoms. The molecule has 0 radical (unpaired) electrons. The van der Waals surface area contributed by atoms with Crippen LogP contribution in [0.25, 0.3) is 17.0 Å². The van der Waals surface area contributed by atoms with E-state index >= 15 is 0 Å². The second kappa shape index (κ2) is 7.05. The number of anilines is 1. The van der Waals surface area contributed by atoms with E-state index in [2.05, 4.69) is 10.1 Å². The highest BCUT2D eigenvalue weighted by atomic mass is 16.5. The van der Waals surface area contributed by atoms with Gasteiger partial charge in [-0.05, 0) is 48.9 Å². The summed E-state index contributed by atoms with van der Waals surface area (Å²) in [5, 5.41) is 3.76. The van der Waals surface area contributed by atoms with Crippen molar-refractivity contribution >= 4 is 34.6 Å². The normalized spacial score (nSPS) is 11.0. The summed E-state index contributed by atoms with van der Waals surface area (Å²) in [5.41, 5.74) is 2.62. The number of aryl methyl sites for hydroxylation is 1. The number of carbonyl (C=O) groups is 2. The number of para-hydroxylation sites is 1. The van der Waals surface area contributed by atoms with Gasteiger partial charge in [-0.25, -0.2) is 4.79 Å². The van der Waals surface area contributed by atoms with Gasteiger partial charge in [0, 0.05) is 17.1 Å². The Labute approximate surface area is 144 Å². The van der Waals surface area contributed by atoms with Crippen LogP contribution in [0.4, 0.5) is 5.69 Å². The number of hydrogen-bond donors (Lipinski definition) is 1. The summed E-state index contributed by atoms with van der Waals surface area (Å²) in [4.78, 5) is 23.6. The summed E-state index contributed by atoms with van der Waals surface area (Å²) in [7, 11) is 1.33. The number of hydrogen-bond acceptors (Lipinski definition) is 4. The summed E-state index contributed by atoms with van der Waals surface area (Å²) >= 11 is 0. The van der Waals surface area contributed by atoms with Crippen LogP contribution in [0.5, 0.6) is 0 Å². The first-order chi connectivity index (χ1) is 12.1. The van der Waals surface area contributed by atoms with Crippen LogP contribution >= 0.6 is 0 Å². The molecule has 0 aliphatic rings. The second-order valence-corrected chi connectivity index (χ2v) is 5.53. The van der Waals surface area contributed by atoms with E-state index in [0.29, 0.717) is 17.0 Å². The van der Waals surface area contributed by atoms with E-state index in [1.807, 2.05) is 37.3 Å². The van der Waals surface area contributed by atoms with Gasteiger partial charge < -0.3 is 14.5 Å². The zero-order chi connectivity index (χ0) is 17.8. The maximum Gasteiger partial charge on any atom is 0.337 e. The Balaban J connectivity index is 1.70. The predicted molar refractivity (Wildman–Crippen MR) is 96.4 cm³/mol. The fraction of sp³-hybridized carbons (Fsp3) is 0.100. The molecule has 3 rings (SSSR count). The topological polar surface area (TPSA) is 68.5 Å². The average molecular weight is 335 g/mol. The molecule has 0 saturated carbocycles. The largest absolute Gasteiger partial charge is 0.465 e. The van der Waals surface area contributed by atoms with Gasteiger partial charge in [0.05, 0.1) is 12.7 Å². The molecule has 3 aromatic rings. The SMILES string of the molecule is COC(=O)c1ccc(NC(=O)/C=C/c2cc3ccccc3o2)c(C)c1. The standard InChI is InChI=1S/C20H17NO4/c1-13-11-15(20(23)24-2)7-9-17(13)21-19(22)10-8-16-12-14-5-3-4-6-18(14)25-16/h3-12H,1-2H3,(H,21,22)/b10-8+. The number of ether oxygens (including phenoxy) is 1. The van der Waals surface area contributed by atoms with Crippen LogP contribution in [0.15, 0.2) is 59.0 Å². The molecule has 25 heavy (non-hydrogen) atoms. The molecule has 0 atom stereocenters. The molecule has 126 valence electrons. The summed E-state index contributed by atoms with van der Waals surface area (Å²) in [6.45, 7) is 1.81.